The second-order valence-electron chi connectivity index (χ2n) is 10.7. The summed E-state index contributed by atoms with van der Waals surface area (Å²) in [7, 11) is 0. The van der Waals surface area contributed by atoms with Gasteiger partial charge in [-0.05, 0) is 79.5 Å². The average Bonchev–Trinajstić information content (AvgIpc) is 2.90. The molecule has 2 aliphatic rings. The molecule has 0 aromatic heterocycles. The Balaban J connectivity index is 1.36. The predicted molar refractivity (Wildman–Crippen MR) is 138 cm³/mol. The Hall–Kier alpha value is -2.01. The number of halogens is 3. The zero-order valence-electron chi connectivity index (χ0n) is 21.8. The van der Waals surface area contributed by atoms with Crippen LogP contribution in [0.5, 0.6) is 5.75 Å². The summed E-state index contributed by atoms with van der Waals surface area (Å²) < 4.78 is 54.2. The summed E-state index contributed by atoms with van der Waals surface area (Å²) in [6, 6.07) is 11.9. The molecule has 1 heterocycles. The molecule has 36 heavy (non-hydrogen) atoms. The third-order valence-corrected chi connectivity index (χ3v) is 8.19. The number of alkyl halides is 2. The quantitative estimate of drug-likeness (QED) is 0.301. The number of ether oxygens (including phenoxy) is 2. The first-order chi connectivity index (χ1) is 17.5. The molecular formula is C31H41F3O2. The fourth-order valence-corrected chi connectivity index (χ4v) is 6.04. The number of rotatable bonds is 10. The van der Waals surface area contributed by atoms with Crippen molar-refractivity contribution < 1.29 is 22.6 Å². The van der Waals surface area contributed by atoms with Crippen molar-refractivity contribution in [2.24, 2.45) is 5.92 Å². The molecule has 4 rings (SSSR count). The summed E-state index contributed by atoms with van der Waals surface area (Å²) in [5, 5.41) is 0. The Labute approximate surface area is 214 Å². The third-order valence-electron chi connectivity index (χ3n) is 8.19. The molecule has 5 heteroatoms. The van der Waals surface area contributed by atoms with Gasteiger partial charge in [-0.3, -0.25) is 0 Å². The number of hydrogen-bond donors (Lipinski definition) is 0. The molecule has 2 unspecified atom stereocenters. The molecule has 1 aliphatic heterocycles. The molecule has 2 atom stereocenters. The number of unbranched alkanes of at least 4 members (excludes halogenated alkanes) is 1. The van der Waals surface area contributed by atoms with Crippen LogP contribution in [0.25, 0.3) is 0 Å². The maximum absolute atomic E-state index is 14.9. The van der Waals surface area contributed by atoms with Crippen LogP contribution in [-0.2, 0) is 4.74 Å². The maximum atomic E-state index is 14.9. The molecule has 0 radical (unpaired) electrons. The predicted octanol–water partition coefficient (Wildman–Crippen LogP) is 9.65. The van der Waals surface area contributed by atoms with Crippen LogP contribution in [0.15, 0.2) is 36.4 Å². The van der Waals surface area contributed by atoms with Gasteiger partial charge in [-0.15, -0.1) is 0 Å². The van der Waals surface area contributed by atoms with E-state index in [1.807, 2.05) is 6.92 Å². The van der Waals surface area contributed by atoms with Gasteiger partial charge in [0.2, 0.25) is 0 Å². The Kier molecular flexibility index (Phi) is 9.75. The molecule has 2 nitrogen and oxygen atoms in total. The lowest BCUT2D eigenvalue weighted by molar-refractivity contribution is 0.00147. The van der Waals surface area contributed by atoms with E-state index in [0.717, 1.165) is 30.7 Å². The van der Waals surface area contributed by atoms with Gasteiger partial charge in [-0.1, -0.05) is 63.4 Å². The summed E-state index contributed by atoms with van der Waals surface area (Å²) in [4.78, 5) is 0. The third kappa shape index (κ3) is 6.45. The van der Waals surface area contributed by atoms with E-state index >= 15 is 0 Å². The van der Waals surface area contributed by atoms with Crippen LogP contribution >= 0.6 is 0 Å². The topological polar surface area (TPSA) is 18.5 Å². The van der Waals surface area contributed by atoms with Crippen molar-refractivity contribution in [2.45, 2.75) is 102 Å². The van der Waals surface area contributed by atoms with Gasteiger partial charge in [0.1, 0.15) is 0 Å². The van der Waals surface area contributed by atoms with Crippen LogP contribution in [0.3, 0.4) is 0 Å². The molecule has 198 valence electrons. The Morgan fingerprint density at radius 2 is 1.56 bits per heavy atom. The van der Waals surface area contributed by atoms with Crippen LogP contribution in [0.4, 0.5) is 13.2 Å². The van der Waals surface area contributed by atoms with Crippen molar-refractivity contribution in [3.05, 3.63) is 64.5 Å². The van der Waals surface area contributed by atoms with E-state index in [0.29, 0.717) is 31.1 Å². The highest BCUT2D eigenvalue weighted by Crippen LogP contribution is 2.42. The number of benzene rings is 2. The van der Waals surface area contributed by atoms with Crippen molar-refractivity contribution in [3.8, 4) is 5.75 Å². The van der Waals surface area contributed by atoms with Gasteiger partial charge in [0.05, 0.1) is 24.9 Å². The Morgan fingerprint density at radius 1 is 0.861 bits per heavy atom. The molecule has 2 aromatic carbocycles. The van der Waals surface area contributed by atoms with Crippen molar-refractivity contribution in [1.29, 1.82) is 0 Å². The largest absolute Gasteiger partial charge is 0.491 e. The first-order valence-electron chi connectivity index (χ1n) is 14.0. The van der Waals surface area contributed by atoms with Crippen LogP contribution in [-0.4, -0.2) is 13.2 Å². The molecule has 1 saturated heterocycles. The van der Waals surface area contributed by atoms with E-state index in [2.05, 4.69) is 31.2 Å². The molecule has 1 aliphatic carbocycles. The van der Waals surface area contributed by atoms with Crippen molar-refractivity contribution >= 4 is 0 Å². The minimum atomic E-state index is -2.89. The highest BCUT2D eigenvalue weighted by molar-refractivity contribution is 5.41. The van der Waals surface area contributed by atoms with Gasteiger partial charge in [-0.25, -0.2) is 13.2 Å². The lowest BCUT2D eigenvalue weighted by Gasteiger charge is -2.31. The lowest BCUT2D eigenvalue weighted by Crippen LogP contribution is -2.21. The summed E-state index contributed by atoms with van der Waals surface area (Å²) in [6.07, 6.45) is 7.97. The second-order valence-corrected chi connectivity index (χ2v) is 10.7. The van der Waals surface area contributed by atoms with Crippen molar-refractivity contribution in [1.82, 2.24) is 0 Å². The summed E-state index contributed by atoms with van der Waals surface area (Å²) >= 11 is 0. The minimum Gasteiger partial charge on any atom is -0.491 e. The molecule has 0 spiro atoms. The Bertz CT molecular complexity index is 943. The normalized spacial score (nSPS) is 24.7. The van der Waals surface area contributed by atoms with Crippen LogP contribution < -0.4 is 4.74 Å². The molecule has 0 amide bonds. The number of hydrogen-bond acceptors (Lipinski definition) is 2. The molecule has 1 saturated carbocycles. The lowest BCUT2D eigenvalue weighted by atomic mass is 9.77. The standard InChI is InChI=1S/C31H41F3O2/c1-3-5-19-35-28-18-16-26(29(30(28)32)31(33)34)25-15-17-27(36-20-25)24-13-11-23(12-14-24)22-9-7-21(6-4-2)8-10-22/h11-14,16,18,21-22,25,27,31H,3-10,15,17,19-20H2,1-2H3. The van der Waals surface area contributed by atoms with E-state index in [1.54, 1.807) is 6.07 Å². The van der Waals surface area contributed by atoms with Gasteiger partial charge in [-0.2, -0.15) is 0 Å². The van der Waals surface area contributed by atoms with E-state index in [4.69, 9.17) is 9.47 Å². The second kappa shape index (κ2) is 13.0. The van der Waals surface area contributed by atoms with Crippen molar-refractivity contribution in [3.63, 3.8) is 0 Å². The molecule has 2 aromatic rings. The zero-order chi connectivity index (χ0) is 25.5. The fraction of sp³-hybridized carbons (Fsp3) is 0.613. The zero-order valence-corrected chi connectivity index (χ0v) is 21.8. The van der Waals surface area contributed by atoms with Gasteiger partial charge in [0, 0.05) is 5.92 Å². The summed E-state index contributed by atoms with van der Waals surface area (Å²) in [6.45, 7) is 4.90. The molecule has 0 bridgehead atoms. The fourth-order valence-electron chi connectivity index (χ4n) is 6.04. The maximum Gasteiger partial charge on any atom is 0.267 e. The molecule has 2 fully saturated rings. The summed E-state index contributed by atoms with van der Waals surface area (Å²) in [5.74, 6) is 0.288. The van der Waals surface area contributed by atoms with Crippen LogP contribution in [0, 0.1) is 11.7 Å². The summed E-state index contributed by atoms with van der Waals surface area (Å²) in [5.41, 5.74) is 2.37. The van der Waals surface area contributed by atoms with Crippen LogP contribution in [0.2, 0.25) is 0 Å². The van der Waals surface area contributed by atoms with E-state index < -0.39 is 17.8 Å². The first kappa shape index (κ1) is 27.0. The minimum absolute atomic E-state index is 0.0490. The highest BCUT2D eigenvalue weighted by atomic mass is 19.3. The van der Waals surface area contributed by atoms with Gasteiger partial charge >= 0.3 is 0 Å². The van der Waals surface area contributed by atoms with Gasteiger partial charge in [0.25, 0.3) is 6.43 Å². The van der Waals surface area contributed by atoms with Gasteiger partial charge in [0.15, 0.2) is 11.6 Å². The van der Waals surface area contributed by atoms with Gasteiger partial charge < -0.3 is 9.47 Å². The Morgan fingerprint density at radius 3 is 2.17 bits per heavy atom. The molecule has 0 N–H and O–H groups in total. The monoisotopic (exact) mass is 502 g/mol. The van der Waals surface area contributed by atoms with E-state index in [-0.39, 0.29) is 17.8 Å². The SMILES string of the molecule is CCCCOc1ccc(C2CCC(c3ccc(C4CCC(CCC)CC4)cc3)OC2)c(C(F)F)c1F. The molecular weight excluding hydrogens is 461 g/mol. The highest BCUT2D eigenvalue weighted by Gasteiger charge is 2.31. The first-order valence-corrected chi connectivity index (χ1v) is 14.0. The van der Waals surface area contributed by atoms with Crippen LogP contribution in [0.1, 0.15) is 125 Å². The van der Waals surface area contributed by atoms with E-state index in [9.17, 15) is 13.2 Å². The average molecular weight is 503 g/mol. The smallest absolute Gasteiger partial charge is 0.267 e. The van der Waals surface area contributed by atoms with Crippen molar-refractivity contribution in [2.75, 3.05) is 13.2 Å². The van der Waals surface area contributed by atoms with E-state index in [1.165, 1.54) is 50.2 Å².